The first-order valence-electron chi connectivity index (χ1n) is 9.33. The van der Waals surface area contributed by atoms with Gasteiger partial charge >= 0.3 is 5.97 Å². The van der Waals surface area contributed by atoms with E-state index in [1.165, 1.54) is 6.92 Å². The van der Waals surface area contributed by atoms with E-state index in [-0.39, 0.29) is 23.8 Å². The molecule has 0 amide bonds. The molecule has 0 unspecified atom stereocenters. The highest BCUT2D eigenvalue weighted by Crippen LogP contribution is 2.22. The van der Waals surface area contributed by atoms with Gasteiger partial charge in [-0.1, -0.05) is 24.3 Å². The molecule has 0 spiro atoms. The summed E-state index contributed by atoms with van der Waals surface area (Å²) in [7, 11) is 0. The fourth-order valence-corrected chi connectivity index (χ4v) is 3.08. The number of Topliss-reactive ketones (excluding diaryl/α,β-unsaturated/α-hetero) is 2. The minimum atomic E-state index is -1.04. The lowest BCUT2D eigenvalue weighted by Crippen LogP contribution is -2.28. The van der Waals surface area contributed by atoms with Crippen LogP contribution in [-0.2, 0) is 19.1 Å². The molecule has 29 heavy (non-hydrogen) atoms. The smallest absolute Gasteiger partial charge is 0.348 e. The van der Waals surface area contributed by atoms with Crippen molar-refractivity contribution in [3.05, 3.63) is 76.2 Å². The molecule has 0 saturated carbocycles. The van der Waals surface area contributed by atoms with Crippen molar-refractivity contribution in [1.82, 2.24) is 0 Å². The van der Waals surface area contributed by atoms with Crippen molar-refractivity contribution in [1.29, 1.82) is 0 Å². The molecule has 0 saturated heterocycles. The van der Waals surface area contributed by atoms with E-state index in [9.17, 15) is 14.4 Å². The lowest BCUT2D eigenvalue weighted by molar-refractivity contribution is -0.142. The zero-order chi connectivity index (χ0) is 21.1. The number of carbonyl (C=O) groups excluding carboxylic acids is 3. The van der Waals surface area contributed by atoms with Crippen molar-refractivity contribution in [2.24, 2.45) is 0 Å². The average Bonchev–Trinajstić information content (AvgIpc) is 3.05. The molecule has 1 heterocycles. The molecule has 6 nitrogen and oxygen atoms in total. The van der Waals surface area contributed by atoms with Crippen LogP contribution in [-0.4, -0.2) is 30.2 Å². The van der Waals surface area contributed by atoms with Crippen LogP contribution < -0.4 is 5.32 Å². The van der Waals surface area contributed by atoms with Crippen LogP contribution in [0.4, 0.5) is 5.69 Å². The van der Waals surface area contributed by atoms with E-state index in [1.54, 1.807) is 18.2 Å². The van der Waals surface area contributed by atoms with Crippen molar-refractivity contribution in [2.45, 2.75) is 33.8 Å². The molecule has 0 radical (unpaired) electrons. The van der Waals surface area contributed by atoms with Crippen molar-refractivity contribution < 1.29 is 23.9 Å². The molecule has 3 rings (SSSR count). The van der Waals surface area contributed by atoms with E-state index in [1.807, 2.05) is 45.0 Å². The van der Waals surface area contributed by atoms with Crippen LogP contribution in [0.5, 0.6) is 0 Å². The van der Waals surface area contributed by atoms with Gasteiger partial charge in [-0.15, -0.1) is 0 Å². The molecule has 1 atom stereocenters. The quantitative estimate of drug-likeness (QED) is 0.458. The predicted molar refractivity (Wildman–Crippen MR) is 109 cm³/mol. The van der Waals surface area contributed by atoms with Gasteiger partial charge in [-0.2, -0.15) is 0 Å². The summed E-state index contributed by atoms with van der Waals surface area (Å²) in [6.07, 6.45) is -1.04. The molecule has 6 heteroatoms. The Bertz CT molecular complexity index is 1010. The Morgan fingerprint density at radius 3 is 2.38 bits per heavy atom. The van der Waals surface area contributed by atoms with Gasteiger partial charge in [0, 0.05) is 11.3 Å². The van der Waals surface area contributed by atoms with Gasteiger partial charge in [0.2, 0.25) is 17.4 Å². The number of esters is 1. The predicted octanol–water partition coefficient (Wildman–Crippen LogP) is 3.65. The molecule has 150 valence electrons. The number of ether oxygens (including phenoxy) is 2. The van der Waals surface area contributed by atoms with Gasteiger partial charge in [0.05, 0.1) is 0 Å². The Balaban J connectivity index is 1.79. The molecule has 1 aliphatic heterocycles. The number of anilines is 1. The minimum absolute atomic E-state index is 0.0354. The van der Waals surface area contributed by atoms with Gasteiger partial charge in [-0.25, -0.2) is 4.79 Å². The Morgan fingerprint density at radius 2 is 1.69 bits per heavy atom. The summed E-state index contributed by atoms with van der Waals surface area (Å²) in [6, 6.07) is 12.7. The molecule has 0 aliphatic carbocycles. The second kappa shape index (κ2) is 8.31. The van der Waals surface area contributed by atoms with Crippen LogP contribution in [0.25, 0.3) is 0 Å². The molecule has 0 aromatic heterocycles. The van der Waals surface area contributed by atoms with Crippen molar-refractivity contribution in [2.75, 3.05) is 11.9 Å². The average molecular weight is 393 g/mol. The second-order valence-corrected chi connectivity index (χ2v) is 7.07. The second-order valence-electron chi connectivity index (χ2n) is 7.07. The Kier molecular flexibility index (Phi) is 5.82. The van der Waals surface area contributed by atoms with Crippen LogP contribution in [0.2, 0.25) is 0 Å². The SMILES string of the molecule is Cc1cc(C)c(C(=O)[C@H](C)OC(=O)C2=C(Nc3ccccc3)OCC2=O)cc1C. The monoisotopic (exact) mass is 393 g/mol. The topological polar surface area (TPSA) is 81.7 Å². The lowest BCUT2D eigenvalue weighted by atomic mass is 9.96. The zero-order valence-electron chi connectivity index (χ0n) is 16.9. The summed E-state index contributed by atoms with van der Waals surface area (Å²) >= 11 is 0. The van der Waals surface area contributed by atoms with Crippen LogP contribution >= 0.6 is 0 Å². The largest absolute Gasteiger partial charge is 0.470 e. The first-order chi connectivity index (χ1) is 13.8. The standard InChI is InChI=1S/C23H23NO5/c1-13-10-15(3)18(11-14(13)2)21(26)16(4)29-23(27)20-19(25)12-28-22(20)24-17-8-6-5-7-9-17/h5-11,16,24H,12H2,1-4H3/t16-/m0/s1. The number of hydrogen-bond donors (Lipinski definition) is 1. The number of aryl methyl sites for hydroxylation is 3. The molecular formula is C23H23NO5. The highest BCUT2D eigenvalue weighted by atomic mass is 16.6. The summed E-state index contributed by atoms with van der Waals surface area (Å²) in [4.78, 5) is 37.6. The summed E-state index contributed by atoms with van der Waals surface area (Å²) < 4.78 is 10.6. The summed E-state index contributed by atoms with van der Waals surface area (Å²) in [5, 5.41) is 2.91. The van der Waals surface area contributed by atoms with Crippen LogP contribution in [0.15, 0.2) is 53.9 Å². The molecule has 0 bridgehead atoms. The first-order valence-corrected chi connectivity index (χ1v) is 9.33. The molecule has 2 aromatic carbocycles. The summed E-state index contributed by atoms with van der Waals surface area (Å²) in [6.45, 7) is 6.98. The van der Waals surface area contributed by atoms with Gasteiger partial charge in [0.1, 0.15) is 0 Å². The lowest BCUT2D eigenvalue weighted by Gasteiger charge is -2.15. The van der Waals surface area contributed by atoms with E-state index in [4.69, 9.17) is 9.47 Å². The summed E-state index contributed by atoms with van der Waals surface area (Å²) in [5.74, 6) is -1.65. The summed E-state index contributed by atoms with van der Waals surface area (Å²) in [5.41, 5.74) is 3.82. The highest BCUT2D eigenvalue weighted by Gasteiger charge is 2.34. The van der Waals surface area contributed by atoms with Gasteiger partial charge in [-0.05, 0) is 62.6 Å². The number of nitrogens with one attached hydrogen (secondary N) is 1. The van der Waals surface area contributed by atoms with Gasteiger partial charge in [-0.3, -0.25) is 9.59 Å². The van der Waals surface area contributed by atoms with Crippen molar-refractivity contribution in [3.63, 3.8) is 0 Å². The normalized spacial score (nSPS) is 14.4. The third-order valence-electron chi connectivity index (χ3n) is 4.85. The molecule has 0 fully saturated rings. The fourth-order valence-electron chi connectivity index (χ4n) is 3.08. The fraction of sp³-hybridized carbons (Fsp3) is 0.261. The van der Waals surface area contributed by atoms with Crippen LogP contribution in [0, 0.1) is 20.8 Å². The van der Waals surface area contributed by atoms with Crippen LogP contribution in [0.3, 0.4) is 0 Å². The number of para-hydroxylation sites is 1. The van der Waals surface area contributed by atoms with Gasteiger partial charge in [0.25, 0.3) is 0 Å². The maximum atomic E-state index is 12.8. The number of benzene rings is 2. The molecule has 1 aliphatic rings. The maximum Gasteiger partial charge on any atom is 0.348 e. The zero-order valence-corrected chi connectivity index (χ0v) is 16.9. The Hall–Kier alpha value is -3.41. The number of carbonyl (C=O) groups is 3. The molecule has 2 aromatic rings. The third-order valence-corrected chi connectivity index (χ3v) is 4.85. The van der Waals surface area contributed by atoms with Crippen LogP contribution in [0.1, 0.15) is 34.0 Å². The minimum Gasteiger partial charge on any atom is -0.470 e. The van der Waals surface area contributed by atoms with E-state index < -0.39 is 17.9 Å². The highest BCUT2D eigenvalue weighted by molar-refractivity contribution is 6.20. The third kappa shape index (κ3) is 4.37. The van der Waals surface area contributed by atoms with Crippen molar-refractivity contribution in [3.8, 4) is 0 Å². The number of rotatable bonds is 6. The first kappa shape index (κ1) is 20.3. The number of ketones is 2. The maximum absolute atomic E-state index is 12.8. The number of hydrogen-bond acceptors (Lipinski definition) is 6. The molecular weight excluding hydrogens is 370 g/mol. The van der Waals surface area contributed by atoms with Gasteiger partial charge < -0.3 is 14.8 Å². The van der Waals surface area contributed by atoms with Gasteiger partial charge in [0.15, 0.2) is 18.3 Å². The van der Waals surface area contributed by atoms with E-state index >= 15 is 0 Å². The van der Waals surface area contributed by atoms with Crippen molar-refractivity contribution >= 4 is 23.2 Å². The van der Waals surface area contributed by atoms with E-state index in [0.717, 1.165) is 16.7 Å². The van der Waals surface area contributed by atoms with E-state index in [2.05, 4.69) is 5.32 Å². The Morgan fingerprint density at radius 1 is 1.03 bits per heavy atom. The van der Waals surface area contributed by atoms with E-state index in [0.29, 0.717) is 11.3 Å². The molecule has 1 N–H and O–H groups in total. The Labute approximate surface area is 169 Å².